The molecule has 2 N–H and O–H groups in total. The van der Waals surface area contributed by atoms with Crippen molar-refractivity contribution in [1.29, 1.82) is 0 Å². The van der Waals surface area contributed by atoms with E-state index in [-0.39, 0.29) is 12.6 Å². The van der Waals surface area contributed by atoms with Crippen LogP contribution in [0.5, 0.6) is 0 Å². The molecule has 4 nitrogen and oxygen atoms in total. The fraction of sp³-hybridized carbons (Fsp3) is 0.625. The number of hydrogen-bond acceptors (Lipinski definition) is 4. The number of ether oxygens (including phenoxy) is 1. The first kappa shape index (κ1) is 15.3. The second-order valence-electron chi connectivity index (χ2n) is 5.32. The van der Waals surface area contributed by atoms with Gasteiger partial charge in [-0.3, -0.25) is 0 Å². The Morgan fingerprint density at radius 2 is 2.20 bits per heavy atom. The Labute approximate surface area is 121 Å². The first-order valence-electron chi connectivity index (χ1n) is 7.52. The van der Waals surface area contributed by atoms with Gasteiger partial charge in [0.2, 0.25) is 0 Å². The summed E-state index contributed by atoms with van der Waals surface area (Å²) in [6.07, 6.45) is 3.51. The average Bonchev–Trinajstić information content (AvgIpc) is 2.52. The SMILES string of the molecule is COCCNCc1ccccc1N1CCCCC1CO. The van der Waals surface area contributed by atoms with Crippen LogP contribution in [0, 0.1) is 0 Å². The lowest BCUT2D eigenvalue weighted by atomic mass is 10.00. The molecule has 0 radical (unpaired) electrons. The molecule has 1 aromatic carbocycles. The van der Waals surface area contributed by atoms with Gasteiger partial charge < -0.3 is 20.1 Å². The predicted molar refractivity (Wildman–Crippen MR) is 82.1 cm³/mol. The second kappa shape index (κ2) is 8.25. The Morgan fingerprint density at radius 3 is 3.00 bits per heavy atom. The zero-order valence-electron chi connectivity index (χ0n) is 12.3. The minimum absolute atomic E-state index is 0.242. The third-order valence-corrected chi connectivity index (χ3v) is 3.94. The van der Waals surface area contributed by atoms with Crippen molar-refractivity contribution in [1.82, 2.24) is 5.32 Å². The maximum Gasteiger partial charge on any atom is 0.0635 e. The minimum Gasteiger partial charge on any atom is -0.394 e. The van der Waals surface area contributed by atoms with Gasteiger partial charge in [0, 0.05) is 32.4 Å². The lowest BCUT2D eigenvalue weighted by Gasteiger charge is -2.37. The van der Waals surface area contributed by atoms with Crippen LogP contribution in [0.4, 0.5) is 5.69 Å². The number of methoxy groups -OCH3 is 1. The molecule has 1 unspecified atom stereocenters. The standard InChI is InChI=1S/C16H26N2O2/c1-20-11-9-17-12-14-6-2-3-8-16(14)18-10-5-4-7-15(18)13-19/h2-3,6,8,15,17,19H,4-5,7,9-13H2,1H3. The fourth-order valence-electron chi connectivity index (χ4n) is 2.85. The number of nitrogens with zero attached hydrogens (tertiary/aromatic N) is 1. The highest BCUT2D eigenvalue weighted by Gasteiger charge is 2.23. The van der Waals surface area contributed by atoms with Crippen molar-refractivity contribution in [2.45, 2.75) is 31.8 Å². The fourth-order valence-corrected chi connectivity index (χ4v) is 2.85. The molecule has 1 fully saturated rings. The highest BCUT2D eigenvalue weighted by atomic mass is 16.5. The largest absolute Gasteiger partial charge is 0.394 e. The number of aliphatic hydroxyl groups is 1. The average molecular weight is 278 g/mol. The quantitative estimate of drug-likeness (QED) is 0.746. The molecule has 0 saturated carbocycles. The summed E-state index contributed by atoms with van der Waals surface area (Å²) in [6, 6.07) is 8.76. The van der Waals surface area contributed by atoms with Gasteiger partial charge in [0.25, 0.3) is 0 Å². The summed E-state index contributed by atoms with van der Waals surface area (Å²) >= 11 is 0. The van der Waals surface area contributed by atoms with Crippen LogP contribution in [-0.4, -0.2) is 44.6 Å². The molecule has 112 valence electrons. The molecule has 1 atom stereocenters. The first-order chi connectivity index (χ1) is 9.86. The Hall–Kier alpha value is -1.10. The van der Waals surface area contributed by atoms with Gasteiger partial charge >= 0.3 is 0 Å². The van der Waals surface area contributed by atoms with Crippen molar-refractivity contribution < 1.29 is 9.84 Å². The minimum atomic E-state index is 0.242. The maximum absolute atomic E-state index is 9.59. The lowest BCUT2D eigenvalue weighted by molar-refractivity contribution is 0.199. The summed E-state index contributed by atoms with van der Waals surface area (Å²) in [5.74, 6) is 0. The number of hydrogen-bond donors (Lipinski definition) is 2. The van der Waals surface area contributed by atoms with Crippen LogP contribution in [-0.2, 0) is 11.3 Å². The maximum atomic E-state index is 9.59. The highest BCUT2D eigenvalue weighted by Crippen LogP contribution is 2.27. The third-order valence-electron chi connectivity index (χ3n) is 3.94. The Morgan fingerprint density at radius 1 is 1.35 bits per heavy atom. The van der Waals surface area contributed by atoms with Crippen molar-refractivity contribution in [3.8, 4) is 0 Å². The molecule has 1 saturated heterocycles. The first-order valence-corrected chi connectivity index (χ1v) is 7.52. The number of benzene rings is 1. The molecule has 1 aliphatic heterocycles. The molecule has 2 rings (SSSR count). The lowest BCUT2D eigenvalue weighted by Crippen LogP contribution is -2.42. The molecule has 0 amide bonds. The summed E-state index contributed by atoms with van der Waals surface area (Å²) in [4.78, 5) is 2.37. The molecule has 20 heavy (non-hydrogen) atoms. The summed E-state index contributed by atoms with van der Waals surface area (Å²) in [5, 5.41) is 13.0. The summed E-state index contributed by atoms with van der Waals surface area (Å²) in [7, 11) is 1.72. The number of piperidine rings is 1. The topological polar surface area (TPSA) is 44.7 Å². The van der Waals surface area contributed by atoms with Crippen molar-refractivity contribution in [3.63, 3.8) is 0 Å². The van der Waals surface area contributed by atoms with Gasteiger partial charge in [-0.2, -0.15) is 0 Å². The Kier molecular flexibility index (Phi) is 6.30. The molecule has 0 aliphatic carbocycles. The molecule has 0 spiro atoms. The monoisotopic (exact) mass is 278 g/mol. The summed E-state index contributed by atoms with van der Waals surface area (Å²) < 4.78 is 5.05. The number of rotatable bonds is 7. The predicted octanol–water partition coefficient (Wildman–Crippen LogP) is 1.77. The molecule has 4 heteroatoms. The van der Waals surface area contributed by atoms with E-state index in [1.807, 2.05) is 0 Å². The van der Waals surface area contributed by atoms with E-state index >= 15 is 0 Å². The van der Waals surface area contributed by atoms with Crippen LogP contribution in [0.3, 0.4) is 0 Å². The molecular formula is C16H26N2O2. The van der Waals surface area contributed by atoms with Crippen LogP contribution >= 0.6 is 0 Å². The van der Waals surface area contributed by atoms with E-state index in [1.54, 1.807) is 7.11 Å². The molecule has 1 aliphatic rings. The molecule has 0 aromatic heterocycles. The van der Waals surface area contributed by atoms with E-state index in [9.17, 15) is 5.11 Å². The third kappa shape index (κ3) is 3.95. The highest BCUT2D eigenvalue weighted by molar-refractivity contribution is 5.54. The molecule has 0 bridgehead atoms. The van der Waals surface area contributed by atoms with E-state index in [0.717, 1.165) is 32.7 Å². The van der Waals surface area contributed by atoms with Gasteiger partial charge in [0.05, 0.1) is 19.3 Å². The number of nitrogens with one attached hydrogen (secondary N) is 1. The van der Waals surface area contributed by atoms with Crippen molar-refractivity contribution in [3.05, 3.63) is 29.8 Å². The van der Waals surface area contributed by atoms with Crippen LogP contribution in [0.15, 0.2) is 24.3 Å². The van der Waals surface area contributed by atoms with Gasteiger partial charge in [-0.1, -0.05) is 18.2 Å². The zero-order chi connectivity index (χ0) is 14.2. The molecular weight excluding hydrogens is 252 g/mol. The van der Waals surface area contributed by atoms with Crippen LogP contribution in [0.2, 0.25) is 0 Å². The van der Waals surface area contributed by atoms with E-state index in [1.165, 1.54) is 24.1 Å². The Bertz CT molecular complexity index is 398. The smallest absolute Gasteiger partial charge is 0.0635 e. The van der Waals surface area contributed by atoms with E-state index in [0.29, 0.717) is 0 Å². The van der Waals surface area contributed by atoms with Crippen molar-refractivity contribution >= 4 is 5.69 Å². The van der Waals surface area contributed by atoms with Crippen LogP contribution in [0.1, 0.15) is 24.8 Å². The van der Waals surface area contributed by atoms with E-state index in [2.05, 4.69) is 34.5 Å². The van der Waals surface area contributed by atoms with Gasteiger partial charge in [-0.25, -0.2) is 0 Å². The van der Waals surface area contributed by atoms with E-state index < -0.39 is 0 Å². The van der Waals surface area contributed by atoms with Gasteiger partial charge in [0.1, 0.15) is 0 Å². The zero-order valence-corrected chi connectivity index (χ0v) is 12.3. The normalized spacial score (nSPS) is 19.3. The van der Waals surface area contributed by atoms with Gasteiger partial charge in [0.15, 0.2) is 0 Å². The van der Waals surface area contributed by atoms with Crippen molar-refractivity contribution in [2.75, 3.05) is 38.3 Å². The molecule has 1 heterocycles. The van der Waals surface area contributed by atoms with Gasteiger partial charge in [-0.15, -0.1) is 0 Å². The van der Waals surface area contributed by atoms with Gasteiger partial charge in [-0.05, 0) is 30.9 Å². The number of para-hydroxylation sites is 1. The number of aliphatic hydroxyl groups excluding tert-OH is 1. The van der Waals surface area contributed by atoms with E-state index in [4.69, 9.17) is 4.74 Å². The molecule has 1 aromatic rings. The van der Waals surface area contributed by atoms with Crippen LogP contribution in [0.25, 0.3) is 0 Å². The number of anilines is 1. The summed E-state index contributed by atoms with van der Waals surface area (Å²) in [6.45, 7) is 3.71. The Balaban J connectivity index is 2.05. The second-order valence-corrected chi connectivity index (χ2v) is 5.32. The summed E-state index contributed by atoms with van der Waals surface area (Å²) in [5.41, 5.74) is 2.56. The van der Waals surface area contributed by atoms with Crippen molar-refractivity contribution in [2.24, 2.45) is 0 Å². The van der Waals surface area contributed by atoms with Crippen LogP contribution < -0.4 is 10.2 Å².